The molecule has 0 fully saturated rings. The standard InChI is InChI=1S/C11H8ClN5/c12-10-14-6-15-11(17-10)16-8-2-1-7-3-4-13-9(7)5-8/h1-6,13H,(H,14,15,16,17). The maximum Gasteiger partial charge on any atom is 0.231 e. The van der Waals surface area contributed by atoms with Crippen molar-refractivity contribution in [1.82, 2.24) is 19.9 Å². The van der Waals surface area contributed by atoms with Crippen molar-refractivity contribution in [2.45, 2.75) is 0 Å². The average molecular weight is 246 g/mol. The topological polar surface area (TPSA) is 66.5 Å². The molecule has 0 aliphatic carbocycles. The Kier molecular flexibility index (Phi) is 2.38. The molecule has 0 amide bonds. The van der Waals surface area contributed by atoms with E-state index in [-0.39, 0.29) is 5.28 Å². The van der Waals surface area contributed by atoms with Gasteiger partial charge in [0.15, 0.2) is 0 Å². The number of hydrogen-bond acceptors (Lipinski definition) is 4. The molecule has 0 aliphatic rings. The Morgan fingerprint density at radius 1 is 1.18 bits per heavy atom. The van der Waals surface area contributed by atoms with Crippen molar-refractivity contribution in [1.29, 1.82) is 0 Å². The minimum absolute atomic E-state index is 0.170. The van der Waals surface area contributed by atoms with Gasteiger partial charge in [-0.3, -0.25) is 0 Å². The lowest BCUT2D eigenvalue weighted by molar-refractivity contribution is 1.05. The molecule has 17 heavy (non-hydrogen) atoms. The number of nitrogens with zero attached hydrogens (tertiary/aromatic N) is 3. The Balaban J connectivity index is 1.94. The zero-order valence-corrected chi connectivity index (χ0v) is 9.44. The van der Waals surface area contributed by atoms with E-state index in [0.29, 0.717) is 5.95 Å². The van der Waals surface area contributed by atoms with Crippen LogP contribution in [0.4, 0.5) is 11.6 Å². The van der Waals surface area contributed by atoms with Crippen molar-refractivity contribution in [3.8, 4) is 0 Å². The van der Waals surface area contributed by atoms with Crippen LogP contribution in [0.15, 0.2) is 36.8 Å². The molecule has 2 heterocycles. The molecule has 0 spiro atoms. The summed E-state index contributed by atoms with van der Waals surface area (Å²) in [5, 5.41) is 4.39. The van der Waals surface area contributed by atoms with Gasteiger partial charge in [0.1, 0.15) is 6.33 Å². The molecular formula is C11H8ClN5. The van der Waals surface area contributed by atoms with Crippen molar-refractivity contribution in [2.24, 2.45) is 0 Å². The summed E-state index contributed by atoms with van der Waals surface area (Å²) in [4.78, 5) is 14.8. The fourth-order valence-electron chi connectivity index (χ4n) is 1.59. The summed E-state index contributed by atoms with van der Waals surface area (Å²) in [6, 6.07) is 7.96. The largest absolute Gasteiger partial charge is 0.361 e. The van der Waals surface area contributed by atoms with Gasteiger partial charge < -0.3 is 10.3 Å². The molecule has 5 nitrogen and oxygen atoms in total. The Morgan fingerprint density at radius 3 is 3.00 bits per heavy atom. The zero-order chi connectivity index (χ0) is 11.7. The normalized spacial score (nSPS) is 10.6. The number of fused-ring (bicyclic) bond motifs is 1. The van der Waals surface area contributed by atoms with Crippen LogP contribution in [0.5, 0.6) is 0 Å². The molecule has 1 aromatic carbocycles. The van der Waals surface area contributed by atoms with Gasteiger partial charge in [-0.2, -0.15) is 4.98 Å². The summed E-state index contributed by atoms with van der Waals surface area (Å²) in [6.45, 7) is 0. The van der Waals surface area contributed by atoms with Crippen molar-refractivity contribution >= 4 is 34.1 Å². The highest BCUT2D eigenvalue weighted by Crippen LogP contribution is 2.19. The molecule has 0 unspecified atom stereocenters. The summed E-state index contributed by atoms with van der Waals surface area (Å²) < 4.78 is 0. The second-order valence-electron chi connectivity index (χ2n) is 3.48. The lowest BCUT2D eigenvalue weighted by atomic mass is 10.2. The van der Waals surface area contributed by atoms with Crippen LogP contribution in [0.25, 0.3) is 10.9 Å². The molecule has 2 N–H and O–H groups in total. The van der Waals surface area contributed by atoms with E-state index in [1.807, 2.05) is 30.5 Å². The molecule has 0 saturated heterocycles. The zero-order valence-electron chi connectivity index (χ0n) is 8.68. The van der Waals surface area contributed by atoms with E-state index in [0.717, 1.165) is 16.6 Å². The monoisotopic (exact) mass is 245 g/mol. The summed E-state index contributed by atoms with van der Waals surface area (Å²) in [5.41, 5.74) is 1.94. The van der Waals surface area contributed by atoms with Gasteiger partial charge in [0.2, 0.25) is 11.2 Å². The smallest absolute Gasteiger partial charge is 0.231 e. The number of anilines is 2. The first-order valence-corrected chi connectivity index (χ1v) is 5.38. The van der Waals surface area contributed by atoms with Crippen LogP contribution in [0.1, 0.15) is 0 Å². The molecule has 0 bridgehead atoms. The second-order valence-corrected chi connectivity index (χ2v) is 3.82. The fourth-order valence-corrected chi connectivity index (χ4v) is 1.71. The minimum atomic E-state index is 0.170. The number of hydrogen-bond donors (Lipinski definition) is 2. The summed E-state index contributed by atoms with van der Waals surface area (Å²) in [5.74, 6) is 0.427. The molecule has 2 aromatic heterocycles. The van der Waals surface area contributed by atoms with E-state index in [1.165, 1.54) is 6.33 Å². The number of aromatic nitrogens is 4. The summed E-state index contributed by atoms with van der Waals surface area (Å²) in [6.07, 6.45) is 3.26. The molecule has 0 saturated carbocycles. The lowest BCUT2D eigenvalue weighted by Crippen LogP contribution is -1.97. The average Bonchev–Trinajstić information content (AvgIpc) is 2.76. The molecular weight excluding hydrogens is 238 g/mol. The van der Waals surface area contributed by atoms with Crippen LogP contribution < -0.4 is 5.32 Å². The third-order valence-corrected chi connectivity index (χ3v) is 2.54. The van der Waals surface area contributed by atoms with Crippen molar-refractivity contribution in [2.75, 3.05) is 5.32 Å². The molecule has 6 heteroatoms. The van der Waals surface area contributed by atoms with Crippen LogP contribution in [-0.2, 0) is 0 Å². The maximum absolute atomic E-state index is 5.68. The van der Waals surface area contributed by atoms with Gasteiger partial charge in [-0.25, -0.2) is 9.97 Å². The molecule has 84 valence electrons. The van der Waals surface area contributed by atoms with E-state index in [1.54, 1.807) is 0 Å². The van der Waals surface area contributed by atoms with Crippen LogP contribution in [0.3, 0.4) is 0 Å². The van der Waals surface area contributed by atoms with E-state index in [4.69, 9.17) is 11.6 Å². The van der Waals surface area contributed by atoms with E-state index < -0.39 is 0 Å². The highest BCUT2D eigenvalue weighted by Gasteiger charge is 2.01. The Morgan fingerprint density at radius 2 is 2.12 bits per heavy atom. The van der Waals surface area contributed by atoms with Gasteiger partial charge in [-0.15, -0.1) is 0 Å². The predicted octanol–water partition coefficient (Wildman–Crippen LogP) is 2.75. The van der Waals surface area contributed by atoms with Crippen LogP contribution in [0.2, 0.25) is 5.28 Å². The van der Waals surface area contributed by atoms with Crippen molar-refractivity contribution in [3.63, 3.8) is 0 Å². The third-order valence-electron chi connectivity index (χ3n) is 2.35. The van der Waals surface area contributed by atoms with Crippen LogP contribution in [0, 0.1) is 0 Å². The number of halogens is 1. The molecule has 0 aliphatic heterocycles. The Labute approximate surface area is 102 Å². The molecule has 0 radical (unpaired) electrons. The number of nitrogens with one attached hydrogen (secondary N) is 2. The highest BCUT2D eigenvalue weighted by atomic mass is 35.5. The Bertz CT molecular complexity index is 664. The van der Waals surface area contributed by atoms with E-state index >= 15 is 0 Å². The van der Waals surface area contributed by atoms with Gasteiger partial charge in [0.25, 0.3) is 0 Å². The van der Waals surface area contributed by atoms with Crippen molar-refractivity contribution in [3.05, 3.63) is 42.1 Å². The summed E-state index contributed by atoms with van der Waals surface area (Å²) in [7, 11) is 0. The van der Waals surface area contributed by atoms with Gasteiger partial charge in [0.05, 0.1) is 0 Å². The van der Waals surface area contributed by atoms with E-state index in [9.17, 15) is 0 Å². The third kappa shape index (κ3) is 2.05. The summed E-state index contributed by atoms with van der Waals surface area (Å²) >= 11 is 5.68. The fraction of sp³-hybridized carbons (Fsp3) is 0. The SMILES string of the molecule is Clc1ncnc(Nc2ccc3cc[nH]c3c2)n1. The van der Waals surface area contributed by atoms with Gasteiger partial charge in [-0.1, -0.05) is 6.07 Å². The number of benzene rings is 1. The number of aromatic amines is 1. The number of rotatable bonds is 2. The van der Waals surface area contributed by atoms with Gasteiger partial charge in [-0.05, 0) is 35.2 Å². The minimum Gasteiger partial charge on any atom is -0.361 e. The van der Waals surface area contributed by atoms with Crippen LogP contribution in [-0.4, -0.2) is 19.9 Å². The quantitative estimate of drug-likeness (QED) is 0.729. The van der Waals surface area contributed by atoms with E-state index in [2.05, 4.69) is 25.3 Å². The highest BCUT2D eigenvalue weighted by molar-refractivity contribution is 6.28. The number of H-pyrrole nitrogens is 1. The van der Waals surface area contributed by atoms with Crippen molar-refractivity contribution < 1.29 is 0 Å². The predicted molar refractivity (Wildman–Crippen MR) is 66.4 cm³/mol. The first kappa shape index (κ1) is 10.0. The lowest BCUT2D eigenvalue weighted by Gasteiger charge is -2.04. The first-order valence-electron chi connectivity index (χ1n) is 5.00. The van der Waals surface area contributed by atoms with Gasteiger partial charge in [0, 0.05) is 17.4 Å². The second kappa shape index (κ2) is 4.03. The Hall–Kier alpha value is -2.14. The van der Waals surface area contributed by atoms with Crippen LogP contribution >= 0.6 is 11.6 Å². The molecule has 3 rings (SSSR count). The van der Waals surface area contributed by atoms with Gasteiger partial charge >= 0.3 is 0 Å². The molecule has 3 aromatic rings. The molecule has 0 atom stereocenters. The maximum atomic E-state index is 5.68. The first-order chi connectivity index (χ1) is 8.31.